The number of benzene rings is 1. The van der Waals surface area contributed by atoms with Gasteiger partial charge >= 0.3 is 6.18 Å². The van der Waals surface area contributed by atoms with Crippen LogP contribution >= 0.6 is 0 Å². The predicted molar refractivity (Wildman–Crippen MR) is 156 cm³/mol. The highest BCUT2D eigenvalue weighted by molar-refractivity contribution is 6.06. The fourth-order valence-corrected chi connectivity index (χ4v) is 5.24. The molecule has 3 aromatic heterocycles. The molecular formula is C30H33F3N8O. The lowest BCUT2D eigenvalue weighted by atomic mass is 9.96. The third-order valence-electron chi connectivity index (χ3n) is 7.46. The molecule has 220 valence electrons. The van der Waals surface area contributed by atoms with Gasteiger partial charge in [-0.2, -0.15) is 13.2 Å². The van der Waals surface area contributed by atoms with E-state index in [0.29, 0.717) is 55.4 Å². The van der Waals surface area contributed by atoms with Gasteiger partial charge in [0.15, 0.2) is 0 Å². The molecule has 0 spiro atoms. The average molecular weight is 579 g/mol. The van der Waals surface area contributed by atoms with Gasteiger partial charge in [0.05, 0.1) is 23.3 Å². The number of carbonyl (C=O) groups excluding carboxylic acids is 1. The molecule has 1 aliphatic heterocycles. The Morgan fingerprint density at radius 1 is 1.05 bits per heavy atom. The van der Waals surface area contributed by atoms with Crippen molar-refractivity contribution in [2.24, 2.45) is 0 Å². The van der Waals surface area contributed by atoms with Gasteiger partial charge in [-0.25, -0.2) is 15.0 Å². The molecule has 1 aromatic carbocycles. The Hall–Kier alpha value is -4.32. The third kappa shape index (κ3) is 7.11. The molecule has 42 heavy (non-hydrogen) atoms. The van der Waals surface area contributed by atoms with Crippen LogP contribution in [0.2, 0.25) is 0 Å². The van der Waals surface area contributed by atoms with E-state index in [1.165, 1.54) is 11.2 Å². The van der Waals surface area contributed by atoms with Crippen molar-refractivity contribution in [3.63, 3.8) is 0 Å². The van der Waals surface area contributed by atoms with E-state index in [1.807, 2.05) is 36.4 Å². The van der Waals surface area contributed by atoms with Gasteiger partial charge in [-0.1, -0.05) is 25.1 Å². The van der Waals surface area contributed by atoms with Crippen LogP contribution in [-0.4, -0.2) is 76.2 Å². The van der Waals surface area contributed by atoms with Gasteiger partial charge in [0, 0.05) is 68.1 Å². The van der Waals surface area contributed by atoms with E-state index in [0.717, 1.165) is 22.0 Å². The molecule has 3 N–H and O–H groups in total. The molecule has 0 saturated carbocycles. The van der Waals surface area contributed by atoms with Crippen LogP contribution in [0.15, 0.2) is 61.2 Å². The molecule has 0 bridgehead atoms. The van der Waals surface area contributed by atoms with E-state index < -0.39 is 12.7 Å². The van der Waals surface area contributed by atoms with Crippen LogP contribution in [0.3, 0.4) is 0 Å². The summed E-state index contributed by atoms with van der Waals surface area (Å²) < 4.78 is 37.9. The van der Waals surface area contributed by atoms with E-state index in [2.05, 4.69) is 42.8 Å². The third-order valence-corrected chi connectivity index (χ3v) is 7.46. The van der Waals surface area contributed by atoms with Crippen molar-refractivity contribution in [1.29, 1.82) is 0 Å². The van der Waals surface area contributed by atoms with Crippen molar-refractivity contribution >= 4 is 28.4 Å². The molecule has 4 aromatic rings. The number of anilines is 2. The zero-order valence-electron chi connectivity index (χ0n) is 23.4. The molecule has 1 aliphatic rings. The van der Waals surface area contributed by atoms with Crippen molar-refractivity contribution in [3.05, 3.63) is 72.3 Å². The number of nitrogens with zero attached hydrogens (tertiary/aromatic N) is 5. The number of carbonyl (C=O) groups is 1. The van der Waals surface area contributed by atoms with Crippen LogP contribution in [0.4, 0.5) is 24.8 Å². The number of halogens is 3. The largest absolute Gasteiger partial charge is 0.401 e. The normalized spacial score (nSPS) is 15.4. The number of fused-ring (bicyclic) bond motifs is 1. The van der Waals surface area contributed by atoms with Crippen LogP contribution in [0.5, 0.6) is 0 Å². The SMILES string of the molecule is CNC(=O)c1ccnc2c(C(C)CNc3cc(-c4ccc(NC5CCN(CC(F)(F)F)CC5)nc4)ncn3)cccc12. The topological polar surface area (TPSA) is 108 Å². The van der Waals surface area contributed by atoms with Crippen LogP contribution in [0, 0.1) is 0 Å². The highest BCUT2D eigenvalue weighted by Gasteiger charge is 2.32. The molecule has 1 atom stereocenters. The fourth-order valence-electron chi connectivity index (χ4n) is 5.24. The van der Waals surface area contributed by atoms with Crippen molar-refractivity contribution in [1.82, 2.24) is 30.2 Å². The fraction of sp³-hybridized carbons (Fsp3) is 0.367. The Morgan fingerprint density at radius 3 is 2.57 bits per heavy atom. The molecular weight excluding hydrogens is 545 g/mol. The van der Waals surface area contributed by atoms with E-state index in [4.69, 9.17) is 0 Å². The van der Waals surface area contributed by atoms with Crippen LogP contribution in [0.25, 0.3) is 22.2 Å². The summed E-state index contributed by atoms with van der Waals surface area (Å²) >= 11 is 0. The predicted octanol–water partition coefficient (Wildman–Crippen LogP) is 5.10. The molecule has 0 aliphatic carbocycles. The molecule has 0 radical (unpaired) electrons. The minimum atomic E-state index is -4.17. The lowest BCUT2D eigenvalue weighted by Crippen LogP contribution is -2.43. The quantitative estimate of drug-likeness (QED) is 0.252. The zero-order valence-corrected chi connectivity index (χ0v) is 23.4. The number of alkyl halides is 3. The number of para-hydroxylation sites is 1. The van der Waals surface area contributed by atoms with E-state index in [9.17, 15) is 18.0 Å². The summed E-state index contributed by atoms with van der Waals surface area (Å²) in [4.78, 5) is 31.6. The summed E-state index contributed by atoms with van der Waals surface area (Å²) in [6.07, 6.45) is 1.97. The zero-order chi connectivity index (χ0) is 29.7. The Morgan fingerprint density at radius 2 is 1.86 bits per heavy atom. The molecule has 5 rings (SSSR count). The van der Waals surface area contributed by atoms with Gasteiger partial charge in [0.1, 0.15) is 18.0 Å². The lowest BCUT2D eigenvalue weighted by molar-refractivity contribution is -0.147. The Labute approximate surface area is 242 Å². The first-order chi connectivity index (χ1) is 20.2. The second-order valence-electron chi connectivity index (χ2n) is 10.5. The van der Waals surface area contributed by atoms with Crippen LogP contribution in [0.1, 0.15) is 41.6 Å². The summed E-state index contributed by atoms with van der Waals surface area (Å²) in [5.74, 6) is 1.27. The smallest absolute Gasteiger partial charge is 0.369 e. The minimum Gasteiger partial charge on any atom is -0.369 e. The molecule has 4 heterocycles. The first-order valence-electron chi connectivity index (χ1n) is 13.9. The second-order valence-corrected chi connectivity index (χ2v) is 10.5. The van der Waals surface area contributed by atoms with Crippen LogP contribution < -0.4 is 16.0 Å². The Kier molecular flexibility index (Phi) is 8.81. The number of amides is 1. The summed E-state index contributed by atoms with van der Waals surface area (Å²) in [7, 11) is 1.61. The number of piperidine rings is 1. The van der Waals surface area contributed by atoms with Gasteiger partial charge in [-0.3, -0.25) is 14.7 Å². The van der Waals surface area contributed by atoms with E-state index >= 15 is 0 Å². The van der Waals surface area contributed by atoms with Crippen molar-refractivity contribution < 1.29 is 18.0 Å². The summed E-state index contributed by atoms with van der Waals surface area (Å²) in [6.45, 7) is 2.62. The monoisotopic (exact) mass is 578 g/mol. The van der Waals surface area contributed by atoms with Gasteiger partial charge in [-0.05, 0) is 36.6 Å². The molecule has 12 heteroatoms. The van der Waals surface area contributed by atoms with Gasteiger partial charge in [-0.15, -0.1) is 0 Å². The summed E-state index contributed by atoms with van der Waals surface area (Å²) in [5.41, 5.74) is 3.94. The molecule has 1 fully saturated rings. The first-order valence-corrected chi connectivity index (χ1v) is 13.9. The number of aromatic nitrogens is 4. The first kappa shape index (κ1) is 29.2. The maximum atomic E-state index is 12.6. The Bertz CT molecular complexity index is 1520. The number of pyridine rings is 2. The lowest BCUT2D eigenvalue weighted by Gasteiger charge is -2.32. The molecule has 1 saturated heterocycles. The molecule has 1 amide bonds. The number of hydrogen-bond acceptors (Lipinski definition) is 8. The highest BCUT2D eigenvalue weighted by atomic mass is 19.4. The van der Waals surface area contributed by atoms with Crippen LogP contribution in [-0.2, 0) is 0 Å². The minimum absolute atomic E-state index is 0.0758. The second kappa shape index (κ2) is 12.7. The van der Waals surface area contributed by atoms with Crippen molar-refractivity contribution in [2.45, 2.75) is 37.9 Å². The molecule has 9 nitrogen and oxygen atoms in total. The van der Waals surface area contributed by atoms with Gasteiger partial charge in [0.25, 0.3) is 5.91 Å². The van der Waals surface area contributed by atoms with Crippen molar-refractivity contribution in [3.8, 4) is 11.3 Å². The average Bonchev–Trinajstić information content (AvgIpc) is 2.99. The van der Waals surface area contributed by atoms with Gasteiger partial charge in [0.2, 0.25) is 0 Å². The number of likely N-dealkylation sites (tertiary alicyclic amines) is 1. The summed E-state index contributed by atoms with van der Waals surface area (Å²) in [5, 5.41) is 10.2. The molecule has 1 unspecified atom stereocenters. The highest BCUT2D eigenvalue weighted by Crippen LogP contribution is 2.27. The maximum absolute atomic E-state index is 12.6. The standard InChI is InChI=1S/C30H33F3N8O/c1-19(22-4-3-5-23-24(29(42)34-2)8-11-35-28(22)23)15-36-27-14-25(38-18-39-27)20-6-7-26(37-16-20)40-21-9-12-41(13-10-21)17-30(31,32)33/h3-8,11,14,16,18-19,21H,9-10,12-13,15,17H2,1-2H3,(H,34,42)(H,37,40)(H,36,38,39). The van der Waals surface area contributed by atoms with E-state index in [-0.39, 0.29) is 17.9 Å². The number of hydrogen-bond donors (Lipinski definition) is 3. The van der Waals surface area contributed by atoms with E-state index in [1.54, 1.807) is 25.5 Å². The van der Waals surface area contributed by atoms with Gasteiger partial charge < -0.3 is 16.0 Å². The van der Waals surface area contributed by atoms with Crippen molar-refractivity contribution in [2.75, 3.05) is 43.9 Å². The maximum Gasteiger partial charge on any atom is 0.401 e. The number of rotatable bonds is 9. The number of nitrogens with one attached hydrogen (secondary N) is 3. The summed E-state index contributed by atoms with van der Waals surface area (Å²) in [6, 6.07) is 13.3. The Balaban J connectivity index is 1.19.